The topological polar surface area (TPSA) is 76.4 Å². The van der Waals surface area contributed by atoms with Crippen LogP contribution in [0.5, 0.6) is 0 Å². The number of nitriles is 1. The third kappa shape index (κ3) is 3.91. The molecule has 4 rings (SSSR count). The first-order valence-corrected chi connectivity index (χ1v) is 12.3. The molecule has 0 radical (unpaired) electrons. The SMILES string of the molecule is CC(=O)OC/C(=C/C#N)[C@H]1CC[C@H]2[C@@H]3CC=C4C[C@@H](OC(C)=O)CC[C@]4(C)[C@H]3CC[C@]12C. The first-order chi connectivity index (χ1) is 15.2. The van der Waals surface area contributed by atoms with Crippen molar-refractivity contribution in [2.75, 3.05) is 6.61 Å². The summed E-state index contributed by atoms with van der Waals surface area (Å²) in [4.78, 5) is 22.9. The first-order valence-electron chi connectivity index (χ1n) is 12.3. The van der Waals surface area contributed by atoms with E-state index in [0.29, 0.717) is 23.7 Å². The minimum atomic E-state index is -0.292. The van der Waals surface area contributed by atoms with E-state index in [2.05, 4.69) is 26.0 Å². The van der Waals surface area contributed by atoms with Crippen molar-refractivity contribution in [2.24, 2.45) is 34.5 Å². The molecule has 3 saturated carbocycles. The number of rotatable bonds is 4. The molecule has 4 aliphatic rings. The lowest BCUT2D eigenvalue weighted by Crippen LogP contribution is -2.50. The van der Waals surface area contributed by atoms with E-state index in [1.807, 2.05) is 0 Å². The van der Waals surface area contributed by atoms with Crippen LogP contribution in [0.2, 0.25) is 0 Å². The van der Waals surface area contributed by atoms with Crippen molar-refractivity contribution < 1.29 is 19.1 Å². The van der Waals surface area contributed by atoms with Crippen molar-refractivity contribution in [3.63, 3.8) is 0 Å². The van der Waals surface area contributed by atoms with E-state index in [1.54, 1.807) is 6.08 Å². The zero-order valence-electron chi connectivity index (χ0n) is 20.0. The van der Waals surface area contributed by atoms with Crippen molar-refractivity contribution in [1.82, 2.24) is 0 Å². The molecule has 0 spiro atoms. The average Bonchev–Trinajstić information content (AvgIpc) is 3.08. The van der Waals surface area contributed by atoms with Gasteiger partial charge in [-0.25, -0.2) is 0 Å². The minimum absolute atomic E-state index is 0.0352. The van der Waals surface area contributed by atoms with E-state index in [1.165, 1.54) is 32.3 Å². The molecule has 0 amide bonds. The maximum absolute atomic E-state index is 11.5. The monoisotopic (exact) mass is 439 g/mol. The first kappa shape index (κ1) is 23.1. The number of fused-ring (bicyclic) bond motifs is 5. The second-order valence-corrected chi connectivity index (χ2v) is 11.0. The summed E-state index contributed by atoms with van der Waals surface area (Å²) in [5.41, 5.74) is 2.86. The van der Waals surface area contributed by atoms with Gasteiger partial charge in [0.25, 0.3) is 0 Å². The van der Waals surface area contributed by atoms with Crippen molar-refractivity contribution in [3.05, 3.63) is 23.3 Å². The van der Waals surface area contributed by atoms with Crippen LogP contribution in [0.15, 0.2) is 23.3 Å². The number of carbonyl (C=O) groups is 2. The van der Waals surface area contributed by atoms with Crippen LogP contribution in [0.3, 0.4) is 0 Å². The molecule has 0 heterocycles. The smallest absolute Gasteiger partial charge is 0.302 e. The Labute approximate surface area is 192 Å². The molecule has 0 aliphatic heterocycles. The van der Waals surface area contributed by atoms with E-state index in [0.717, 1.165) is 44.1 Å². The van der Waals surface area contributed by atoms with Crippen molar-refractivity contribution in [3.8, 4) is 6.07 Å². The number of hydrogen-bond donors (Lipinski definition) is 0. The van der Waals surface area contributed by atoms with Gasteiger partial charge in [-0.3, -0.25) is 9.59 Å². The van der Waals surface area contributed by atoms with Crippen LogP contribution < -0.4 is 0 Å². The van der Waals surface area contributed by atoms with E-state index >= 15 is 0 Å². The molecule has 5 heteroatoms. The van der Waals surface area contributed by atoms with Crippen LogP contribution in [0, 0.1) is 45.8 Å². The highest BCUT2D eigenvalue weighted by Gasteiger charge is 2.59. The van der Waals surface area contributed by atoms with Crippen molar-refractivity contribution in [1.29, 1.82) is 5.26 Å². The van der Waals surface area contributed by atoms with Crippen LogP contribution >= 0.6 is 0 Å². The molecular weight excluding hydrogens is 402 g/mol. The fourth-order valence-corrected chi connectivity index (χ4v) is 8.08. The molecule has 0 bridgehead atoms. The molecule has 0 aromatic heterocycles. The van der Waals surface area contributed by atoms with E-state index in [-0.39, 0.29) is 35.5 Å². The van der Waals surface area contributed by atoms with Gasteiger partial charge in [0, 0.05) is 26.3 Å². The molecule has 7 atom stereocenters. The standard InChI is InChI=1S/C27H37NO4/c1-17(29)31-16-19(11-14-28)23-7-8-24-22-6-5-20-15-21(32-18(2)30)9-12-26(20,3)25(22)10-13-27(23,24)4/h5,11,21-25H,6-10,12-13,15-16H2,1-4H3/b19-11-/t21-,22-,23+,24-,25-,26-,27+/m0/s1. The van der Waals surface area contributed by atoms with E-state index in [4.69, 9.17) is 9.47 Å². The summed E-state index contributed by atoms with van der Waals surface area (Å²) in [6, 6.07) is 2.20. The van der Waals surface area contributed by atoms with Crippen molar-refractivity contribution >= 4 is 11.9 Å². The summed E-state index contributed by atoms with van der Waals surface area (Å²) in [7, 11) is 0. The Bertz CT molecular complexity index is 883. The van der Waals surface area contributed by atoms with E-state index in [9.17, 15) is 14.9 Å². The summed E-state index contributed by atoms with van der Waals surface area (Å²) >= 11 is 0. The third-order valence-electron chi connectivity index (χ3n) is 9.53. The van der Waals surface area contributed by atoms with Gasteiger partial charge in [-0.05, 0) is 85.0 Å². The predicted molar refractivity (Wildman–Crippen MR) is 121 cm³/mol. The third-order valence-corrected chi connectivity index (χ3v) is 9.53. The Morgan fingerprint density at radius 3 is 2.59 bits per heavy atom. The predicted octanol–water partition coefficient (Wildman–Crippen LogP) is 5.51. The van der Waals surface area contributed by atoms with Crippen LogP contribution in [0.1, 0.15) is 79.1 Å². The van der Waals surface area contributed by atoms with Crippen molar-refractivity contribution in [2.45, 2.75) is 85.2 Å². The van der Waals surface area contributed by atoms with Gasteiger partial charge in [-0.15, -0.1) is 0 Å². The molecule has 32 heavy (non-hydrogen) atoms. The summed E-state index contributed by atoms with van der Waals surface area (Å²) < 4.78 is 10.9. The zero-order valence-corrected chi connectivity index (χ0v) is 20.0. The fraction of sp³-hybridized carbons (Fsp3) is 0.741. The van der Waals surface area contributed by atoms with Gasteiger partial charge < -0.3 is 9.47 Å². The molecule has 0 aromatic rings. The van der Waals surface area contributed by atoms with Crippen LogP contribution in [-0.4, -0.2) is 24.6 Å². The Hall–Kier alpha value is -2.09. The molecular formula is C27H37NO4. The Balaban J connectivity index is 1.55. The number of nitrogens with zero attached hydrogens (tertiary/aromatic N) is 1. The highest BCUT2D eigenvalue weighted by atomic mass is 16.5. The molecule has 0 unspecified atom stereocenters. The molecule has 0 N–H and O–H groups in total. The highest BCUT2D eigenvalue weighted by Crippen LogP contribution is 2.67. The second kappa shape index (κ2) is 8.69. The van der Waals surface area contributed by atoms with Gasteiger partial charge in [-0.1, -0.05) is 25.5 Å². The molecule has 4 aliphatic carbocycles. The Kier molecular flexibility index (Phi) is 6.27. The lowest BCUT2D eigenvalue weighted by molar-refractivity contribution is -0.148. The number of hydrogen-bond acceptors (Lipinski definition) is 5. The Morgan fingerprint density at radius 1 is 1.12 bits per heavy atom. The maximum Gasteiger partial charge on any atom is 0.302 e. The maximum atomic E-state index is 11.5. The van der Waals surface area contributed by atoms with E-state index < -0.39 is 0 Å². The summed E-state index contributed by atoms with van der Waals surface area (Å²) in [5, 5.41) is 9.36. The van der Waals surface area contributed by atoms with Gasteiger partial charge >= 0.3 is 11.9 Å². The van der Waals surface area contributed by atoms with Gasteiger partial charge in [0.2, 0.25) is 0 Å². The zero-order chi connectivity index (χ0) is 23.1. The molecule has 0 saturated heterocycles. The minimum Gasteiger partial charge on any atom is -0.462 e. The normalized spacial score (nSPS) is 40.8. The summed E-state index contributed by atoms with van der Waals surface area (Å²) in [6.45, 7) is 8.05. The quantitative estimate of drug-likeness (QED) is 0.328. The molecule has 0 aromatic carbocycles. The van der Waals surface area contributed by atoms with Crippen LogP contribution in [0.25, 0.3) is 0 Å². The highest BCUT2D eigenvalue weighted by molar-refractivity contribution is 5.66. The van der Waals surface area contributed by atoms with Gasteiger partial charge in [0.05, 0.1) is 6.07 Å². The summed E-state index contributed by atoms with van der Waals surface area (Å²) in [6.07, 6.45) is 12.8. The molecule has 174 valence electrons. The number of allylic oxidation sites excluding steroid dienone is 2. The Morgan fingerprint density at radius 2 is 1.91 bits per heavy atom. The number of esters is 2. The second-order valence-electron chi connectivity index (χ2n) is 11.0. The average molecular weight is 440 g/mol. The number of carbonyl (C=O) groups excluding carboxylic acids is 2. The number of ether oxygens (including phenoxy) is 2. The summed E-state index contributed by atoms with van der Waals surface area (Å²) in [5.74, 6) is 1.81. The van der Waals surface area contributed by atoms with Crippen LogP contribution in [0.4, 0.5) is 0 Å². The lowest BCUT2D eigenvalue weighted by Gasteiger charge is -2.58. The largest absolute Gasteiger partial charge is 0.462 e. The molecule has 5 nitrogen and oxygen atoms in total. The fourth-order valence-electron chi connectivity index (χ4n) is 8.08. The van der Waals surface area contributed by atoms with Gasteiger partial charge in [0.15, 0.2) is 0 Å². The van der Waals surface area contributed by atoms with Crippen LogP contribution in [-0.2, 0) is 19.1 Å². The lowest BCUT2D eigenvalue weighted by atomic mass is 9.47. The van der Waals surface area contributed by atoms with Gasteiger partial charge in [-0.2, -0.15) is 5.26 Å². The van der Waals surface area contributed by atoms with Gasteiger partial charge in [0.1, 0.15) is 12.7 Å². The molecule has 3 fully saturated rings.